The molecule has 0 amide bonds. The molecule has 1 fully saturated rings. The molecule has 0 spiro atoms. The maximum Gasteiger partial charge on any atom is 0.206 e. The average molecular weight is 248 g/mol. The Bertz CT molecular complexity index is 415. The lowest BCUT2D eigenvalue weighted by molar-refractivity contribution is 0.328. The van der Waals surface area contributed by atoms with Gasteiger partial charge in [0.2, 0.25) is 5.96 Å². The van der Waals surface area contributed by atoms with Crippen molar-refractivity contribution in [1.29, 1.82) is 0 Å². The zero-order valence-electron chi connectivity index (χ0n) is 10.6. The molecule has 0 saturated heterocycles. The third-order valence-electron chi connectivity index (χ3n) is 2.67. The van der Waals surface area contributed by atoms with Crippen LogP contribution in [-0.2, 0) is 0 Å². The lowest BCUT2D eigenvalue weighted by Crippen LogP contribution is -2.42. The fourth-order valence-electron chi connectivity index (χ4n) is 1.58. The van der Waals surface area contributed by atoms with Gasteiger partial charge in [-0.25, -0.2) is 10.8 Å². The first-order valence-corrected chi connectivity index (χ1v) is 6.25. The molecule has 1 aromatic carbocycles. The molecule has 1 aromatic rings. The van der Waals surface area contributed by atoms with Gasteiger partial charge < -0.3 is 10.1 Å². The lowest BCUT2D eigenvalue weighted by atomic mass is 10.2. The number of nitrogens with zero attached hydrogens (tertiary/aromatic N) is 1. The summed E-state index contributed by atoms with van der Waals surface area (Å²) in [5.74, 6) is 6.90. The Morgan fingerprint density at radius 2 is 2.33 bits per heavy atom. The summed E-state index contributed by atoms with van der Waals surface area (Å²) in [6.07, 6.45) is 2.39. The van der Waals surface area contributed by atoms with Crippen LogP contribution in [-0.4, -0.2) is 25.2 Å². The molecule has 0 aliphatic heterocycles. The molecule has 4 N–H and O–H groups in total. The van der Waals surface area contributed by atoms with E-state index in [0.717, 1.165) is 5.75 Å². The van der Waals surface area contributed by atoms with Crippen molar-refractivity contribution >= 4 is 5.96 Å². The Hall–Kier alpha value is -1.75. The van der Waals surface area contributed by atoms with Crippen molar-refractivity contribution in [2.24, 2.45) is 10.8 Å². The molecule has 0 heterocycles. The zero-order chi connectivity index (χ0) is 12.8. The Labute approximate surface area is 107 Å². The van der Waals surface area contributed by atoms with Crippen molar-refractivity contribution in [3.63, 3.8) is 0 Å². The summed E-state index contributed by atoms with van der Waals surface area (Å²) in [5.41, 5.74) is 3.75. The molecule has 5 nitrogen and oxygen atoms in total. The van der Waals surface area contributed by atoms with Gasteiger partial charge in [-0.05, 0) is 37.5 Å². The third kappa shape index (κ3) is 4.25. The summed E-state index contributed by atoms with van der Waals surface area (Å²) in [5, 5.41) is 3.21. The number of hydrogen-bond donors (Lipinski definition) is 3. The van der Waals surface area contributed by atoms with Gasteiger partial charge in [0.15, 0.2) is 0 Å². The fraction of sp³-hybridized carbons (Fsp3) is 0.462. The third-order valence-corrected chi connectivity index (χ3v) is 2.67. The molecule has 0 radical (unpaired) electrons. The summed E-state index contributed by atoms with van der Waals surface area (Å²) in [6, 6.07) is 8.52. The van der Waals surface area contributed by atoms with E-state index in [9.17, 15) is 0 Å². The van der Waals surface area contributed by atoms with Crippen molar-refractivity contribution in [3.8, 4) is 5.75 Å². The van der Waals surface area contributed by atoms with Crippen molar-refractivity contribution < 1.29 is 4.74 Å². The van der Waals surface area contributed by atoms with E-state index in [1.54, 1.807) is 0 Å². The van der Waals surface area contributed by atoms with Gasteiger partial charge in [0.05, 0.1) is 6.54 Å². The number of ether oxygens (including phenoxy) is 1. The van der Waals surface area contributed by atoms with E-state index >= 15 is 0 Å². The van der Waals surface area contributed by atoms with E-state index < -0.39 is 0 Å². The van der Waals surface area contributed by atoms with Gasteiger partial charge in [0.25, 0.3) is 0 Å². The second kappa shape index (κ2) is 6.26. The van der Waals surface area contributed by atoms with E-state index in [2.05, 4.69) is 15.7 Å². The van der Waals surface area contributed by atoms with Crippen molar-refractivity contribution in [2.75, 3.05) is 13.2 Å². The highest BCUT2D eigenvalue weighted by molar-refractivity contribution is 5.79. The topological polar surface area (TPSA) is 71.7 Å². The van der Waals surface area contributed by atoms with Crippen LogP contribution in [0.5, 0.6) is 5.75 Å². The van der Waals surface area contributed by atoms with E-state index in [-0.39, 0.29) is 0 Å². The molecule has 0 atom stereocenters. The first-order chi connectivity index (χ1) is 8.78. The lowest BCUT2D eigenvalue weighted by Gasteiger charge is -2.08. The Balaban J connectivity index is 1.72. The van der Waals surface area contributed by atoms with Gasteiger partial charge in [0, 0.05) is 6.04 Å². The molecule has 1 aliphatic carbocycles. The first-order valence-electron chi connectivity index (χ1n) is 6.25. The van der Waals surface area contributed by atoms with Crippen LogP contribution < -0.4 is 21.3 Å². The predicted molar refractivity (Wildman–Crippen MR) is 72.5 cm³/mol. The molecule has 18 heavy (non-hydrogen) atoms. The monoisotopic (exact) mass is 248 g/mol. The fourth-order valence-corrected chi connectivity index (χ4v) is 1.58. The number of nitrogens with one attached hydrogen (secondary N) is 2. The van der Waals surface area contributed by atoms with Gasteiger partial charge in [-0.2, -0.15) is 0 Å². The summed E-state index contributed by atoms with van der Waals surface area (Å²) in [7, 11) is 0. The molecular weight excluding hydrogens is 228 g/mol. The number of rotatable bonds is 5. The maximum atomic E-state index is 5.60. The molecule has 2 rings (SSSR count). The zero-order valence-corrected chi connectivity index (χ0v) is 10.6. The quantitative estimate of drug-likeness (QED) is 0.238. The SMILES string of the molecule is Cc1cccc(OCCN=C(NN)NC2CC2)c1. The van der Waals surface area contributed by atoms with Crippen LogP contribution >= 0.6 is 0 Å². The van der Waals surface area contributed by atoms with E-state index in [4.69, 9.17) is 10.6 Å². The second-order valence-corrected chi connectivity index (χ2v) is 4.46. The van der Waals surface area contributed by atoms with Gasteiger partial charge in [-0.3, -0.25) is 5.43 Å². The minimum Gasteiger partial charge on any atom is -0.492 e. The molecule has 0 aromatic heterocycles. The highest BCUT2D eigenvalue weighted by atomic mass is 16.5. The van der Waals surface area contributed by atoms with Crippen molar-refractivity contribution in [2.45, 2.75) is 25.8 Å². The summed E-state index contributed by atoms with van der Waals surface area (Å²) in [4.78, 5) is 4.30. The van der Waals surface area contributed by atoms with Gasteiger partial charge >= 0.3 is 0 Å². The molecule has 5 heteroatoms. The van der Waals surface area contributed by atoms with Crippen LogP contribution in [0.2, 0.25) is 0 Å². The number of hydrogen-bond acceptors (Lipinski definition) is 3. The van der Waals surface area contributed by atoms with E-state index in [1.165, 1.54) is 18.4 Å². The number of aliphatic imine (C=N–C) groups is 1. The standard InChI is InChI=1S/C13H20N4O/c1-10-3-2-4-12(9-10)18-8-7-15-13(17-14)16-11-5-6-11/h2-4,9,11H,5-8,14H2,1H3,(H2,15,16,17). The molecule has 98 valence electrons. The first kappa shape index (κ1) is 12.7. The highest BCUT2D eigenvalue weighted by Crippen LogP contribution is 2.18. The van der Waals surface area contributed by atoms with Gasteiger partial charge in [0.1, 0.15) is 12.4 Å². The number of benzene rings is 1. The van der Waals surface area contributed by atoms with Gasteiger partial charge in [-0.1, -0.05) is 12.1 Å². The summed E-state index contributed by atoms with van der Waals surface area (Å²) in [6.45, 7) is 3.16. The minimum atomic E-state index is 0.539. The highest BCUT2D eigenvalue weighted by Gasteiger charge is 2.21. The van der Waals surface area contributed by atoms with Crippen molar-refractivity contribution in [1.82, 2.24) is 10.7 Å². The number of nitrogens with two attached hydrogens (primary N) is 1. The van der Waals surface area contributed by atoms with Crippen LogP contribution in [0.4, 0.5) is 0 Å². The van der Waals surface area contributed by atoms with Gasteiger partial charge in [-0.15, -0.1) is 0 Å². The Kier molecular flexibility index (Phi) is 4.41. The summed E-state index contributed by atoms with van der Waals surface area (Å²) >= 11 is 0. The molecular formula is C13H20N4O. The molecule has 0 bridgehead atoms. The van der Waals surface area contributed by atoms with Crippen LogP contribution in [0.15, 0.2) is 29.3 Å². The average Bonchev–Trinajstić information content (AvgIpc) is 3.17. The molecule has 1 aliphatic rings. The van der Waals surface area contributed by atoms with Crippen LogP contribution in [0.25, 0.3) is 0 Å². The predicted octanol–water partition coefficient (Wildman–Crippen LogP) is 0.945. The largest absolute Gasteiger partial charge is 0.492 e. The van der Waals surface area contributed by atoms with Crippen molar-refractivity contribution in [3.05, 3.63) is 29.8 Å². The van der Waals surface area contributed by atoms with Crippen LogP contribution in [0.1, 0.15) is 18.4 Å². The van der Waals surface area contributed by atoms with E-state index in [1.807, 2.05) is 31.2 Å². The molecule has 1 saturated carbocycles. The van der Waals surface area contributed by atoms with Crippen LogP contribution in [0.3, 0.4) is 0 Å². The van der Waals surface area contributed by atoms with Crippen LogP contribution in [0, 0.1) is 6.92 Å². The minimum absolute atomic E-state index is 0.539. The molecule has 0 unspecified atom stereocenters. The normalized spacial score (nSPS) is 15.3. The Morgan fingerprint density at radius 1 is 1.50 bits per heavy atom. The number of aryl methyl sites for hydroxylation is 1. The number of hydrazine groups is 1. The Morgan fingerprint density at radius 3 is 3.00 bits per heavy atom. The van der Waals surface area contributed by atoms with E-state index in [0.29, 0.717) is 25.2 Å². The smallest absolute Gasteiger partial charge is 0.206 e. The summed E-state index contributed by atoms with van der Waals surface area (Å²) < 4.78 is 5.60. The maximum absolute atomic E-state index is 5.60. The second-order valence-electron chi connectivity index (χ2n) is 4.46. The number of guanidine groups is 1.